The second-order valence-corrected chi connectivity index (χ2v) is 4.44. The van der Waals surface area contributed by atoms with Crippen LogP contribution in [0.2, 0.25) is 0 Å². The third-order valence-corrected chi connectivity index (χ3v) is 2.90. The number of allylic oxidation sites excluding steroid dienone is 2. The van der Waals surface area contributed by atoms with Crippen LogP contribution in [0, 0.1) is 5.92 Å². The Labute approximate surface area is 106 Å². The second-order valence-electron chi connectivity index (χ2n) is 4.44. The first-order chi connectivity index (χ1) is 8.21. The average molecular weight is 232 g/mol. The highest BCUT2D eigenvalue weighted by atomic mass is 16.5. The predicted molar refractivity (Wildman–Crippen MR) is 74.7 cm³/mol. The lowest BCUT2D eigenvalue weighted by molar-refractivity contribution is 0.335. The van der Waals surface area contributed by atoms with Crippen LogP contribution in [0.4, 0.5) is 0 Å². The van der Waals surface area contributed by atoms with Gasteiger partial charge in [-0.3, -0.25) is 0 Å². The van der Waals surface area contributed by atoms with Crippen LogP contribution in [0.1, 0.15) is 38.8 Å². The number of rotatable bonds is 6. The fourth-order valence-corrected chi connectivity index (χ4v) is 2.05. The summed E-state index contributed by atoms with van der Waals surface area (Å²) >= 11 is 0. The third kappa shape index (κ3) is 4.26. The number of benzene rings is 1. The summed E-state index contributed by atoms with van der Waals surface area (Å²) in [7, 11) is 0. The summed E-state index contributed by atoms with van der Waals surface area (Å²) in [5, 5.41) is 0. The molecular weight excluding hydrogens is 208 g/mol. The molecule has 0 N–H and O–H groups in total. The molecule has 0 amide bonds. The van der Waals surface area contributed by atoms with E-state index in [1.54, 1.807) is 0 Å². The van der Waals surface area contributed by atoms with Gasteiger partial charge in [0.15, 0.2) is 0 Å². The zero-order valence-corrected chi connectivity index (χ0v) is 11.5. The van der Waals surface area contributed by atoms with Crippen LogP contribution < -0.4 is 4.74 Å². The van der Waals surface area contributed by atoms with E-state index in [1.165, 1.54) is 11.1 Å². The molecule has 0 spiro atoms. The Kier molecular flexibility index (Phi) is 5.82. The molecule has 0 aliphatic carbocycles. The first kappa shape index (κ1) is 13.8. The van der Waals surface area contributed by atoms with Crippen molar-refractivity contribution in [2.75, 3.05) is 6.61 Å². The van der Waals surface area contributed by atoms with Gasteiger partial charge in [0, 0.05) is 0 Å². The van der Waals surface area contributed by atoms with Crippen LogP contribution in [0.5, 0.6) is 5.75 Å². The van der Waals surface area contributed by atoms with Crippen molar-refractivity contribution in [3.8, 4) is 5.75 Å². The average Bonchev–Trinajstić information content (AvgIpc) is 2.32. The fourth-order valence-electron chi connectivity index (χ4n) is 2.05. The quantitative estimate of drug-likeness (QED) is 0.660. The van der Waals surface area contributed by atoms with Gasteiger partial charge in [-0.05, 0) is 49.8 Å². The maximum atomic E-state index is 5.69. The lowest BCUT2D eigenvalue weighted by Gasteiger charge is -2.14. The van der Waals surface area contributed by atoms with E-state index in [9.17, 15) is 0 Å². The van der Waals surface area contributed by atoms with Crippen LogP contribution in [0.3, 0.4) is 0 Å². The summed E-state index contributed by atoms with van der Waals surface area (Å²) in [4.78, 5) is 0. The van der Waals surface area contributed by atoms with Gasteiger partial charge in [0.25, 0.3) is 0 Å². The van der Waals surface area contributed by atoms with E-state index in [0.29, 0.717) is 5.92 Å². The van der Waals surface area contributed by atoms with E-state index in [0.717, 1.165) is 25.2 Å². The molecule has 0 aromatic heterocycles. The predicted octanol–water partition coefficient (Wildman–Crippen LogP) is 4.40. The molecule has 0 heterocycles. The van der Waals surface area contributed by atoms with Crippen molar-refractivity contribution in [3.05, 3.63) is 41.5 Å². The fraction of sp³-hybridized carbons (Fsp3) is 0.500. The van der Waals surface area contributed by atoms with Gasteiger partial charge in [0.2, 0.25) is 0 Å². The van der Waals surface area contributed by atoms with Crippen molar-refractivity contribution in [2.24, 2.45) is 5.92 Å². The van der Waals surface area contributed by atoms with Gasteiger partial charge in [0.1, 0.15) is 5.75 Å². The molecule has 0 aliphatic rings. The van der Waals surface area contributed by atoms with Gasteiger partial charge in [-0.15, -0.1) is 0 Å². The van der Waals surface area contributed by atoms with E-state index < -0.39 is 0 Å². The Bertz CT molecular complexity index is 366. The van der Waals surface area contributed by atoms with E-state index in [4.69, 9.17) is 4.74 Å². The van der Waals surface area contributed by atoms with Crippen molar-refractivity contribution in [3.63, 3.8) is 0 Å². The van der Waals surface area contributed by atoms with Gasteiger partial charge in [0.05, 0.1) is 6.61 Å². The molecular formula is C16H24O. The van der Waals surface area contributed by atoms with Crippen molar-refractivity contribution in [2.45, 2.75) is 40.5 Å². The number of ether oxygens (including phenoxy) is 1. The lowest BCUT2D eigenvalue weighted by atomic mass is 9.97. The molecule has 1 aromatic rings. The monoisotopic (exact) mass is 232 g/mol. The van der Waals surface area contributed by atoms with E-state index in [2.05, 4.69) is 51.1 Å². The molecule has 1 aromatic carbocycles. The van der Waals surface area contributed by atoms with Crippen LogP contribution in [-0.4, -0.2) is 6.61 Å². The highest BCUT2D eigenvalue weighted by Gasteiger charge is 2.07. The molecule has 0 saturated carbocycles. The maximum absolute atomic E-state index is 5.69. The van der Waals surface area contributed by atoms with Crippen molar-refractivity contribution in [1.82, 2.24) is 0 Å². The summed E-state index contributed by atoms with van der Waals surface area (Å²) in [6.07, 6.45) is 6.49. The molecule has 94 valence electrons. The Morgan fingerprint density at radius 1 is 1.29 bits per heavy atom. The van der Waals surface area contributed by atoms with Gasteiger partial charge >= 0.3 is 0 Å². The number of hydrogen-bond acceptors (Lipinski definition) is 1. The second kappa shape index (κ2) is 7.16. The minimum absolute atomic E-state index is 0.561. The molecule has 0 fully saturated rings. The molecule has 0 saturated heterocycles. The first-order valence-electron chi connectivity index (χ1n) is 6.58. The summed E-state index contributed by atoms with van der Waals surface area (Å²) in [6, 6.07) is 6.56. The Morgan fingerprint density at radius 2 is 2.06 bits per heavy atom. The summed E-state index contributed by atoms with van der Waals surface area (Å²) in [5.41, 5.74) is 2.72. The molecule has 1 unspecified atom stereocenters. The Morgan fingerprint density at radius 3 is 2.65 bits per heavy atom. The normalized spacial score (nSPS) is 12.9. The van der Waals surface area contributed by atoms with Crippen LogP contribution in [0.25, 0.3) is 0 Å². The number of hydrogen-bond donors (Lipinski definition) is 0. The van der Waals surface area contributed by atoms with E-state index >= 15 is 0 Å². The molecule has 1 atom stereocenters. The Balaban J connectivity index is 2.91. The summed E-state index contributed by atoms with van der Waals surface area (Å²) in [5.74, 6) is 1.60. The van der Waals surface area contributed by atoms with Crippen LogP contribution in [0.15, 0.2) is 30.4 Å². The molecule has 1 rings (SSSR count). The topological polar surface area (TPSA) is 9.23 Å². The summed E-state index contributed by atoms with van der Waals surface area (Å²) < 4.78 is 5.69. The minimum Gasteiger partial charge on any atom is -0.494 e. The SMILES string of the molecule is C/C=C\C(C)Cc1cc(CC)ccc1OCC. The highest BCUT2D eigenvalue weighted by Crippen LogP contribution is 2.24. The van der Waals surface area contributed by atoms with Gasteiger partial charge < -0.3 is 4.74 Å². The zero-order valence-electron chi connectivity index (χ0n) is 11.5. The van der Waals surface area contributed by atoms with Gasteiger partial charge in [-0.1, -0.05) is 38.1 Å². The van der Waals surface area contributed by atoms with Gasteiger partial charge in [-0.2, -0.15) is 0 Å². The highest BCUT2D eigenvalue weighted by molar-refractivity contribution is 5.38. The zero-order chi connectivity index (χ0) is 12.7. The standard InChI is InChI=1S/C16H24O/c1-5-8-13(4)11-15-12-14(6-2)9-10-16(15)17-7-3/h5,8-10,12-13H,6-7,11H2,1-4H3/b8-5-. The van der Waals surface area contributed by atoms with Crippen molar-refractivity contribution >= 4 is 0 Å². The number of aryl methyl sites for hydroxylation is 1. The smallest absolute Gasteiger partial charge is 0.122 e. The van der Waals surface area contributed by atoms with Crippen LogP contribution >= 0.6 is 0 Å². The molecule has 1 nitrogen and oxygen atoms in total. The Hall–Kier alpha value is -1.24. The van der Waals surface area contributed by atoms with Gasteiger partial charge in [-0.25, -0.2) is 0 Å². The molecule has 0 radical (unpaired) electrons. The third-order valence-electron chi connectivity index (χ3n) is 2.90. The lowest BCUT2D eigenvalue weighted by Crippen LogP contribution is -2.02. The van der Waals surface area contributed by atoms with E-state index in [1.807, 2.05) is 6.92 Å². The maximum Gasteiger partial charge on any atom is 0.122 e. The molecule has 1 heteroatoms. The van der Waals surface area contributed by atoms with Crippen LogP contribution in [-0.2, 0) is 12.8 Å². The first-order valence-corrected chi connectivity index (χ1v) is 6.58. The minimum atomic E-state index is 0.561. The molecule has 17 heavy (non-hydrogen) atoms. The largest absolute Gasteiger partial charge is 0.494 e. The van der Waals surface area contributed by atoms with Crippen molar-refractivity contribution < 1.29 is 4.74 Å². The molecule has 0 bridgehead atoms. The molecule has 0 aliphatic heterocycles. The van der Waals surface area contributed by atoms with Crippen molar-refractivity contribution in [1.29, 1.82) is 0 Å². The van der Waals surface area contributed by atoms with E-state index in [-0.39, 0.29) is 0 Å². The summed E-state index contributed by atoms with van der Waals surface area (Å²) in [6.45, 7) is 9.27.